The molecular weight excluding hydrogens is 405 g/mol. The number of rotatable bonds is 2. The van der Waals surface area contributed by atoms with Gasteiger partial charge in [-0.15, -0.1) is 0 Å². The van der Waals surface area contributed by atoms with Crippen molar-refractivity contribution in [3.63, 3.8) is 0 Å². The van der Waals surface area contributed by atoms with Gasteiger partial charge < -0.3 is 20.2 Å². The van der Waals surface area contributed by atoms with Gasteiger partial charge in [-0.2, -0.15) is 0 Å². The molecule has 2 amide bonds. The van der Waals surface area contributed by atoms with Crippen molar-refractivity contribution < 1.29 is 14.3 Å². The molecular formula is C26H34FN3O2. The minimum atomic E-state index is -0.454. The first-order chi connectivity index (χ1) is 15.5. The number of halogens is 1. The van der Waals surface area contributed by atoms with Crippen molar-refractivity contribution >= 4 is 11.7 Å². The molecule has 4 aliphatic carbocycles. The maximum absolute atomic E-state index is 13.6. The van der Waals surface area contributed by atoms with Gasteiger partial charge in [0.15, 0.2) is 0 Å². The summed E-state index contributed by atoms with van der Waals surface area (Å²) in [5, 5.41) is 14.3. The van der Waals surface area contributed by atoms with E-state index in [9.17, 15) is 14.3 Å². The fraction of sp³-hybridized carbons (Fsp3) is 0.731. The lowest BCUT2D eigenvalue weighted by Gasteiger charge is -2.58. The number of piperidine rings is 1. The Morgan fingerprint density at radius 1 is 1.03 bits per heavy atom. The van der Waals surface area contributed by atoms with Crippen LogP contribution in [0.5, 0.6) is 0 Å². The van der Waals surface area contributed by atoms with Crippen LogP contribution in [0.2, 0.25) is 0 Å². The first-order valence-electron chi connectivity index (χ1n) is 12.8. The Balaban J connectivity index is 1.05. The van der Waals surface area contributed by atoms with Crippen molar-refractivity contribution in [1.82, 2.24) is 10.2 Å². The minimum absolute atomic E-state index is 0.143. The Hall–Kier alpha value is -1.82. The third-order valence-electron chi connectivity index (χ3n) is 9.89. The van der Waals surface area contributed by atoms with Crippen LogP contribution in [0.25, 0.3) is 0 Å². The van der Waals surface area contributed by atoms with E-state index in [1.54, 1.807) is 12.1 Å². The summed E-state index contributed by atoms with van der Waals surface area (Å²) >= 11 is 0. The first-order valence-corrected chi connectivity index (χ1v) is 12.8. The van der Waals surface area contributed by atoms with Gasteiger partial charge in [0, 0.05) is 36.4 Å². The lowest BCUT2D eigenvalue weighted by Crippen LogP contribution is -2.64. The Labute approximate surface area is 189 Å². The number of carbonyl (C=O) groups is 1. The van der Waals surface area contributed by atoms with E-state index < -0.39 is 5.60 Å². The molecule has 3 heterocycles. The second kappa shape index (κ2) is 6.85. The maximum atomic E-state index is 13.6. The summed E-state index contributed by atoms with van der Waals surface area (Å²) in [7, 11) is 0. The number of hydrogen-bond acceptors (Lipinski definition) is 3. The number of hydrogen-bond donors (Lipinski definition) is 2. The smallest absolute Gasteiger partial charge is 0.318 e. The third kappa shape index (κ3) is 2.94. The number of urea groups is 1. The van der Waals surface area contributed by atoms with Crippen LogP contribution in [0.1, 0.15) is 63.4 Å². The Morgan fingerprint density at radius 2 is 1.75 bits per heavy atom. The van der Waals surface area contributed by atoms with Gasteiger partial charge in [0.1, 0.15) is 5.82 Å². The Kier molecular flexibility index (Phi) is 4.20. The highest BCUT2D eigenvalue weighted by molar-refractivity contribution is 5.76. The SMILES string of the molecule is O=C(NC1C2CC3CC1CC(O)(C3)C2)N1C2CCC1CC(N1CCc3cc(F)ccc31)C2. The summed E-state index contributed by atoms with van der Waals surface area (Å²) < 4.78 is 13.6. The predicted molar refractivity (Wildman–Crippen MR) is 120 cm³/mol. The zero-order valence-electron chi connectivity index (χ0n) is 18.7. The van der Waals surface area contributed by atoms with Gasteiger partial charge in [-0.1, -0.05) is 0 Å². The minimum Gasteiger partial charge on any atom is -0.390 e. The standard InChI is InChI=1S/C26H34FN3O2/c27-19-1-4-23-16(9-19)5-6-29(23)22-10-20-2-3-21(11-22)30(20)25(31)28-24-17-7-15-8-18(24)14-26(32,12-15)13-17/h1,4,9,15,17-18,20-22,24,32H,2-3,5-8,10-14H2,(H,28,31). The average molecular weight is 440 g/mol. The molecule has 0 radical (unpaired) electrons. The highest BCUT2D eigenvalue weighted by atomic mass is 19.1. The monoisotopic (exact) mass is 439 g/mol. The van der Waals surface area contributed by atoms with Gasteiger partial charge in [0.2, 0.25) is 0 Å². The van der Waals surface area contributed by atoms with Gasteiger partial charge in [-0.3, -0.25) is 0 Å². The molecule has 32 heavy (non-hydrogen) atoms. The molecule has 0 spiro atoms. The molecule has 6 heteroatoms. The molecule has 172 valence electrons. The molecule has 1 aromatic carbocycles. The molecule has 2 N–H and O–H groups in total. The molecule has 4 saturated carbocycles. The molecule has 8 rings (SSSR count). The van der Waals surface area contributed by atoms with E-state index in [2.05, 4.69) is 15.1 Å². The number of benzene rings is 1. The Morgan fingerprint density at radius 3 is 2.44 bits per heavy atom. The van der Waals surface area contributed by atoms with Crippen molar-refractivity contribution in [3.05, 3.63) is 29.6 Å². The molecule has 0 aromatic heterocycles. The number of aliphatic hydroxyl groups is 1. The largest absolute Gasteiger partial charge is 0.390 e. The number of nitrogens with zero attached hydrogens (tertiary/aromatic N) is 2. The Bertz CT molecular complexity index is 923. The predicted octanol–water partition coefficient (Wildman–Crippen LogP) is 3.83. The summed E-state index contributed by atoms with van der Waals surface area (Å²) in [6.45, 7) is 0.963. The fourth-order valence-electron chi connectivity index (χ4n) is 8.94. The van der Waals surface area contributed by atoms with Crippen LogP contribution in [-0.4, -0.2) is 52.4 Å². The zero-order chi connectivity index (χ0) is 21.6. The molecule has 7 aliphatic rings. The lowest BCUT2D eigenvalue weighted by molar-refractivity contribution is -0.137. The zero-order valence-corrected chi connectivity index (χ0v) is 18.7. The van der Waals surface area contributed by atoms with E-state index in [1.807, 2.05) is 6.07 Å². The summed E-state index contributed by atoms with van der Waals surface area (Å²) in [4.78, 5) is 18.2. The van der Waals surface area contributed by atoms with Crippen LogP contribution < -0.4 is 10.2 Å². The fourth-order valence-corrected chi connectivity index (χ4v) is 8.94. The average Bonchev–Trinajstić information content (AvgIpc) is 3.27. The lowest BCUT2D eigenvalue weighted by atomic mass is 9.52. The molecule has 5 nitrogen and oxygen atoms in total. The van der Waals surface area contributed by atoms with Gasteiger partial charge in [0.25, 0.3) is 0 Å². The maximum Gasteiger partial charge on any atom is 0.318 e. The highest BCUT2D eigenvalue weighted by Crippen LogP contribution is 2.55. The van der Waals surface area contributed by atoms with Gasteiger partial charge in [0.05, 0.1) is 5.60 Å². The van der Waals surface area contributed by atoms with Crippen LogP contribution in [0.3, 0.4) is 0 Å². The number of nitrogens with one attached hydrogen (secondary N) is 1. The molecule has 3 aliphatic heterocycles. The topological polar surface area (TPSA) is 55.8 Å². The molecule has 6 bridgehead atoms. The highest BCUT2D eigenvalue weighted by Gasteiger charge is 2.56. The van der Waals surface area contributed by atoms with Gasteiger partial charge in [-0.25, -0.2) is 9.18 Å². The number of anilines is 1. The summed E-state index contributed by atoms with van der Waals surface area (Å²) in [5.41, 5.74) is 1.87. The first kappa shape index (κ1) is 19.6. The van der Waals surface area contributed by atoms with E-state index in [-0.39, 0.29) is 17.9 Å². The molecule has 1 aromatic rings. The van der Waals surface area contributed by atoms with Gasteiger partial charge >= 0.3 is 6.03 Å². The van der Waals surface area contributed by atoms with E-state index in [0.29, 0.717) is 35.9 Å². The molecule has 4 unspecified atom stereocenters. The van der Waals surface area contributed by atoms with Crippen LogP contribution in [0.4, 0.5) is 14.9 Å². The second-order valence-electron chi connectivity index (χ2n) is 11.8. The number of amides is 2. The van der Waals surface area contributed by atoms with Gasteiger partial charge in [-0.05, 0) is 106 Å². The molecule has 2 saturated heterocycles. The van der Waals surface area contributed by atoms with Crippen molar-refractivity contribution in [3.8, 4) is 0 Å². The summed E-state index contributed by atoms with van der Waals surface area (Å²) in [6, 6.07) is 6.66. The molecule has 6 fully saturated rings. The van der Waals surface area contributed by atoms with Crippen LogP contribution in [-0.2, 0) is 6.42 Å². The van der Waals surface area contributed by atoms with E-state index >= 15 is 0 Å². The van der Waals surface area contributed by atoms with Crippen LogP contribution in [0, 0.1) is 23.6 Å². The van der Waals surface area contributed by atoms with E-state index in [4.69, 9.17) is 0 Å². The number of carbonyl (C=O) groups excluding carboxylic acids is 1. The molecule has 4 atom stereocenters. The van der Waals surface area contributed by atoms with Crippen molar-refractivity contribution in [2.45, 2.75) is 94.0 Å². The van der Waals surface area contributed by atoms with Crippen molar-refractivity contribution in [2.75, 3.05) is 11.4 Å². The quantitative estimate of drug-likeness (QED) is 0.736. The number of fused-ring (bicyclic) bond motifs is 3. The summed E-state index contributed by atoms with van der Waals surface area (Å²) in [6.07, 6.45) is 10.2. The van der Waals surface area contributed by atoms with E-state index in [1.165, 1.54) is 18.5 Å². The van der Waals surface area contributed by atoms with Crippen molar-refractivity contribution in [2.24, 2.45) is 17.8 Å². The van der Waals surface area contributed by atoms with Crippen LogP contribution >= 0.6 is 0 Å². The van der Waals surface area contributed by atoms with Crippen LogP contribution in [0.15, 0.2) is 18.2 Å². The third-order valence-corrected chi connectivity index (χ3v) is 9.89. The second-order valence-corrected chi connectivity index (χ2v) is 11.8. The normalized spacial score (nSPS) is 43.6. The van der Waals surface area contributed by atoms with E-state index in [0.717, 1.165) is 63.5 Å². The summed E-state index contributed by atoms with van der Waals surface area (Å²) in [5.74, 6) is 1.42. The van der Waals surface area contributed by atoms with Crippen molar-refractivity contribution in [1.29, 1.82) is 0 Å².